The molecule has 0 aliphatic rings. The molecule has 0 N–H and O–H groups in total. The smallest absolute Gasteiger partial charge is 0.166 e. The van der Waals surface area contributed by atoms with Gasteiger partial charge >= 0.3 is 0 Å². The molecule has 0 radical (unpaired) electrons. The number of ketones is 1. The topological polar surface area (TPSA) is 26.3 Å². The fourth-order valence-corrected chi connectivity index (χ4v) is 2.29. The number of benzene rings is 2. The summed E-state index contributed by atoms with van der Waals surface area (Å²) in [4.78, 5) is 12.2. The molecule has 2 rings (SSSR count). The Hall–Kier alpha value is -1.80. The number of carbonyl (C=O) groups excluding carboxylic acids is 1. The summed E-state index contributed by atoms with van der Waals surface area (Å²) in [6, 6.07) is 15.3. The molecule has 0 amide bonds. The fourth-order valence-electron chi connectivity index (χ4n) is 2.13. The number of carbonyl (C=O) groups is 1. The van der Waals surface area contributed by atoms with Gasteiger partial charge in [0, 0.05) is 11.4 Å². The molecule has 0 atom stereocenters. The van der Waals surface area contributed by atoms with E-state index in [2.05, 4.69) is 12.1 Å². The number of methoxy groups -OCH3 is 1. The van der Waals surface area contributed by atoms with Crippen LogP contribution < -0.4 is 4.74 Å². The second kappa shape index (κ2) is 7.11. The minimum absolute atomic E-state index is 0.0921. The molecule has 3 heteroatoms. The summed E-state index contributed by atoms with van der Waals surface area (Å²) in [5.41, 5.74) is 1.85. The Kier molecular flexibility index (Phi) is 5.19. The van der Waals surface area contributed by atoms with E-state index in [0.717, 1.165) is 12.8 Å². The zero-order valence-electron chi connectivity index (χ0n) is 11.4. The van der Waals surface area contributed by atoms with E-state index in [9.17, 15) is 4.79 Å². The maximum absolute atomic E-state index is 12.2. The van der Waals surface area contributed by atoms with Crippen molar-refractivity contribution < 1.29 is 9.53 Å². The quantitative estimate of drug-likeness (QED) is 0.729. The molecule has 0 unspecified atom stereocenters. The molecule has 0 aliphatic carbocycles. The molecule has 0 aromatic heterocycles. The minimum atomic E-state index is 0.0921. The molecular weight excluding hydrogens is 272 g/mol. The fraction of sp³-hybridized carbons (Fsp3) is 0.235. The standard InChI is InChI=1S/C17H17ClO2/c1-20-17-12-14(18)10-11-15(17)16(19)9-5-8-13-6-3-2-4-7-13/h2-4,6-7,10-12H,5,8-9H2,1H3. The van der Waals surface area contributed by atoms with Crippen molar-refractivity contribution >= 4 is 17.4 Å². The maximum Gasteiger partial charge on any atom is 0.166 e. The Morgan fingerprint density at radius 2 is 1.90 bits per heavy atom. The lowest BCUT2D eigenvalue weighted by Crippen LogP contribution is -2.03. The lowest BCUT2D eigenvalue weighted by atomic mass is 10.0. The lowest BCUT2D eigenvalue weighted by Gasteiger charge is -2.08. The van der Waals surface area contributed by atoms with Crippen molar-refractivity contribution in [3.05, 3.63) is 64.7 Å². The van der Waals surface area contributed by atoms with Crippen LogP contribution in [-0.4, -0.2) is 12.9 Å². The van der Waals surface area contributed by atoms with Crippen LogP contribution in [0.2, 0.25) is 5.02 Å². The van der Waals surface area contributed by atoms with E-state index in [1.807, 2.05) is 18.2 Å². The Balaban J connectivity index is 1.95. The summed E-state index contributed by atoms with van der Waals surface area (Å²) in [6.45, 7) is 0. The zero-order chi connectivity index (χ0) is 14.4. The van der Waals surface area contributed by atoms with E-state index in [0.29, 0.717) is 22.8 Å². The molecule has 0 bridgehead atoms. The highest BCUT2D eigenvalue weighted by molar-refractivity contribution is 6.30. The summed E-state index contributed by atoms with van der Waals surface area (Å²) in [5, 5.41) is 0.572. The number of ether oxygens (including phenoxy) is 1. The van der Waals surface area contributed by atoms with Crippen molar-refractivity contribution in [1.82, 2.24) is 0 Å². The molecule has 2 aromatic rings. The van der Waals surface area contributed by atoms with Crippen LogP contribution in [0.5, 0.6) is 5.75 Å². The Morgan fingerprint density at radius 3 is 2.60 bits per heavy atom. The number of halogens is 1. The van der Waals surface area contributed by atoms with Gasteiger partial charge in [-0.25, -0.2) is 0 Å². The predicted molar refractivity (Wildman–Crippen MR) is 81.7 cm³/mol. The second-order valence-electron chi connectivity index (χ2n) is 4.61. The van der Waals surface area contributed by atoms with E-state index in [1.165, 1.54) is 5.56 Å². The van der Waals surface area contributed by atoms with Crippen molar-refractivity contribution in [1.29, 1.82) is 0 Å². The second-order valence-corrected chi connectivity index (χ2v) is 5.04. The number of Topliss-reactive ketones (excluding diaryl/α,β-unsaturated/α-hetero) is 1. The lowest BCUT2D eigenvalue weighted by molar-refractivity contribution is 0.0977. The van der Waals surface area contributed by atoms with Crippen molar-refractivity contribution in [2.75, 3.05) is 7.11 Å². The monoisotopic (exact) mass is 288 g/mol. The van der Waals surface area contributed by atoms with E-state index in [1.54, 1.807) is 25.3 Å². The molecule has 104 valence electrons. The third-order valence-electron chi connectivity index (χ3n) is 3.18. The zero-order valence-corrected chi connectivity index (χ0v) is 12.2. The first-order chi connectivity index (χ1) is 9.70. The van der Waals surface area contributed by atoms with Gasteiger partial charge in [0.2, 0.25) is 0 Å². The van der Waals surface area contributed by atoms with Crippen LogP contribution in [0.3, 0.4) is 0 Å². The first-order valence-electron chi connectivity index (χ1n) is 6.61. The molecule has 0 spiro atoms. The number of aryl methyl sites for hydroxylation is 1. The maximum atomic E-state index is 12.2. The van der Waals surface area contributed by atoms with Crippen LogP contribution in [0.25, 0.3) is 0 Å². The molecule has 20 heavy (non-hydrogen) atoms. The first-order valence-corrected chi connectivity index (χ1v) is 6.99. The Bertz CT molecular complexity index is 579. The Morgan fingerprint density at radius 1 is 1.15 bits per heavy atom. The molecule has 0 saturated carbocycles. The van der Waals surface area contributed by atoms with Gasteiger partial charge in [0.05, 0.1) is 12.7 Å². The molecule has 0 saturated heterocycles. The van der Waals surface area contributed by atoms with Gasteiger partial charge in [-0.1, -0.05) is 41.9 Å². The van der Waals surface area contributed by atoms with Crippen LogP contribution in [0.1, 0.15) is 28.8 Å². The summed E-state index contributed by atoms with van der Waals surface area (Å²) >= 11 is 5.89. The van der Waals surface area contributed by atoms with Gasteiger partial charge in [0.1, 0.15) is 5.75 Å². The van der Waals surface area contributed by atoms with E-state index < -0.39 is 0 Å². The third-order valence-corrected chi connectivity index (χ3v) is 3.41. The molecule has 0 fully saturated rings. The van der Waals surface area contributed by atoms with Crippen molar-refractivity contribution in [2.24, 2.45) is 0 Å². The highest BCUT2D eigenvalue weighted by Gasteiger charge is 2.12. The van der Waals surface area contributed by atoms with Gasteiger partial charge < -0.3 is 4.74 Å². The van der Waals surface area contributed by atoms with Crippen LogP contribution in [0.15, 0.2) is 48.5 Å². The highest BCUT2D eigenvalue weighted by atomic mass is 35.5. The Labute approximate surface area is 124 Å². The van der Waals surface area contributed by atoms with Gasteiger partial charge in [0.25, 0.3) is 0 Å². The van der Waals surface area contributed by atoms with Crippen molar-refractivity contribution in [3.63, 3.8) is 0 Å². The van der Waals surface area contributed by atoms with E-state index >= 15 is 0 Å². The number of rotatable bonds is 6. The SMILES string of the molecule is COc1cc(Cl)ccc1C(=O)CCCc1ccccc1. The summed E-state index contributed by atoms with van der Waals surface area (Å²) in [5.74, 6) is 0.636. The van der Waals surface area contributed by atoms with E-state index in [-0.39, 0.29) is 5.78 Å². The van der Waals surface area contributed by atoms with Gasteiger partial charge in [-0.15, -0.1) is 0 Å². The molecule has 2 aromatic carbocycles. The summed E-state index contributed by atoms with van der Waals surface area (Å²) in [7, 11) is 1.55. The average Bonchev–Trinajstić information content (AvgIpc) is 2.48. The molecule has 0 heterocycles. The average molecular weight is 289 g/mol. The largest absolute Gasteiger partial charge is 0.496 e. The van der Waals surface area contributed by atoms with E-state index in [4.69, 9.17) is 16.3 Å². The van der Waals surface area contributed by atoms with Crippen LogP contribution in [0.4, 0.5) is 0 Å². The van der Waals surface area contributed by atoms with Crippen LogP contribution in [-0.2, 0) is 6.42 Å². The predicted octanol–water partition coefficient (Wildman–Crippen LogP) is 4.55. The van der Waals surface area contributed by atoms with Gasteiger partial charge in [0.15, 0.2) is 5.78 Å². The van der Waals surface area contributed by atoms with Gasteiger partial charge in [-0.2, -0.15) is 0 Å². The van der Waals surface area contributed by atoms with Gasteiger partial charge in [-0.3, -0.25) is 4.79 Å². The van der Waals surface area contributed by atoms with Crippen molar-refractivity contribution in [2.45, 2.75) is 19.3 Å². The first kappa shape index (κ1) is 14.6. The molecule has 2 nitrogen and oxygen atoms in total. The van der Waals surface area contributed by atoms with Gasteiger partial charge in [-0.05, 0) is 36.6 Å². The molecule has 0 aliphatic heterocycles. The summed E-state index contributed by atoms with van der Waals surface area (Å²) < 4.78 is 5.21. The summed E-state index contributed by atoms with van der Waals surface area (Å²) in [6.07, 6.45) is 2.24. The highest BCUT2D eigenvalue weighted by Crippen LogP contribution is 2.24. The number of hydrogen-bond acceptors (Lipinski definition) is 2. The normalized spacial score (nSPS) is 10.3. The minimum Gasteiger partial charge on any atom is -0.496 e. The molecular formula is C17H17ClO2. The van der Waals surface area contributed by atoms with Crippen LogP contribution in [0, 0.1) is 0 Å². The third kappa shape index (κ3) is 3.84. The number of hydrogen-bond donors (Lipinski definition) is 0. The van der Waals surface area contributed by atoms with Crippen molar-refractivity contribution in [3.8, 4) is 5.75 Å². The van der Waals surface area contributed by atoms with Crippen LogP contribution >= 0.6 is 11.6 Å².